The molecule has 0 aliphatic carbocycles. The fourth-order valence-corrected chi connectivity index (χ4v) is 1.19. The molecule has 2 nitrogen and oxygen atoms in total. The summed E-state index contributed by atoms with van der Waals surface area (Å²) in [5.74, 6) is 0.786. The van der Waals surface area contributed by atoms with Gasteiger partial charge in [-0.15, -0.1) is 0 Å². The summed E-state index contributed by atoms with van der Waals surface area (Å²) >= 11 is 2.30. The topological polar surface area (TPSA) is 30.2 Å². The highest BCUT2D eigenvalue weighted by atomic mass is 127. The maximum atomic E-state index is 10.7. The van der Waals surface area contributed by atoms with Crippen molar-refractivity contribution >= 4 is 22.6 Å². The van der Waals surface area contributed by atoms with E-state index in [-0.39, 0.29) is 5.63 Å². The number of hydrogen-bond acceptors (Lipinski definition) is 2. The molecule has 0 atom stereocenters. The molecule has 60 valence electrons. The van der Waals surface area contributed by atoms with Gasteiger partial charge in [0, 0.05) is 12.5 Å². The standard InChI is InChI=1S/C8H9IO2/c9-6-2-4-7-3-1-5-8(10)11-7/h1,3,5H,2,4,6H2. The third-order valence-electron chi connectivity index (χ3n) is 1.30. The molecule has 11 heavy (non-hydrogen) atoms. The normalized spacial score (nSPS) is 9.91. The Kier molecular flexibility index (Phi) is 3.62. The fraction of sp³-hybridized carbons (Fsp3) is 0.375. The van der Waals surface area contributed by atoms with Gasteiger partial charge in [0.15, 0.2) is 0 Å². The second-order valence-corrected chi connectivity index (χ2v) is 3.28. The maximum Gasteiger partial charge on any atom is 0.335 e. The average molecular weight is 264 g/mol. The highest BCUT2D eigenvalue weighted by molar-refractivity contribution is 14.1. The number of rotatable bonds is 3. The summed E-state index contributed by atoms with van der Waals surface area (Å²) in [4.78, 5) is 10.7. The van der Waals surface area contributed by atoms with Crippen LogP contribution in [0.4, 0.5) is 0 Å². The quantitative estimate of drug-likeness (QED) is 0.617. The Balaban J connectivity index is 2.64. The van der Waals surface area contributed by atoms with Gasteiger partial charge in [-0.3, -0.25) is 0 Å². The zero-order valence-corrected chi connectivity index (χ0v) is 8.21. The lowest BCUT2D eigenvalue weighted by Gasteiger charge is -1.94. The molecule has 0 radical (unpaired) electrons. The molecule has 0 bridgehead atoms. The van der Waals surface area contributed by atoms with Crippen molar-refractivity contribution < 1.29 is 4.42 Å². The first-order valence-electron chi connectivity index (χ1n) is 3.48. The van der Waals surface area contributed by atoms with Crippen LogP contribution in [0, 0.1) is 0 Å². The molecular formula is C8H9IO2. The van der Waals surface area contributed by atoms with Gasteiger partial charge in [-0.2, -0.15) is 0 Å². The summed E-state index contributed by atoms with van der Waals surface area (Å²) in [6, 6.07) is 5.00. The molecule has 1 heterocycles. The van der Waals surface area contributed by atoms with Crippen molar-refractivity contribution in [3.63, 3.8) is 0 Å². The third kappa shape index (κ3) is 3.05. The largest absolute Gasteiger partial charge is 0.428 e. The van der Waals surface area contributed by atoms with Crippen LogP contribution in [0.2, 0.25) is 0 Å². The second kappa shape index (κ2) is 4.54. The molecular weight excluding hydrogens is 255 g/mol. The predicted molar refractivity (Wildman–Crippen MR) is 52.2 cm³/mol. The zero-order valence-electron chi connectivity index (χ0n) is 6.05. The van der Waals surface area contributed by atoms with E-state index in [1.807, 2.05) is 6.07 Å². The monoisotopic (exact) mass is 264 g/mol. The summed E-state index contributed by atoms with van der Waals surface area (Å²) < 4.78 is 6.01. The Hall–Kier alpha value is -0.320. The second-order valence-electron chi connectivity index (χ2n) is 2.21. The first kappa shape index (κ1) is 8.77. The molecule has 0 saturated carbocycles. The van der Waals surface area contributed by atoms with Crippen molar-refractivity contribution in [1.82, 2.24) is 0 Å². The van der Waals surface area contributed by atoms with Crippen molar-refractivity contribution in [1.29, 1.82) is 0 Å². The van der Waals surface area contributed by atoms with Crippen LogP contribution in [0.5, 0.6) is 0 Å². The molecule has 1 aromatic rings. The predicted octanol–water partition coefficient (Wildman–Crippen LogP) is 2.01. The summed E-state index contributed by atoms with van der Waals surface area (Å²) in [6.07, 6.45) is 1.92. The van der Waals surface area contributed by atoms with Crippen LogP contribution in [0.3, 0.4) is 0 Å². The van der Waals surface area contributed by atoms with Crippen molar-refractivity contribution in [2.45, 2.75) is 12.8 Å². The maximum absolute atomic E-state index is 10.7. The highest BCUT2D eigenvalue weighted by Crippen LogP contribution is 2.00. The number of alkyl halides is 1. The minimum atomic E-state index is -0.254. The lowest BCUT2D eigenvalue weighted by Crippen LogP contribution is -1.98. The number of hydrogen-bond donors (Lipinski definition) is 0. The molecule has 0 fully saturated rings. The van der Waals surface area contributed by atoms with E-state index in [9.17, 15) is 4.79 Å². The van der Waals surface area contributed by atoms with Crippen LogP contribution in [-0.4, -0.2) is 4.43 Å². The molecule has 0 aliphatic heterocycles. The van der Waals surface area contributed by atoms with Gasteiger partial charge in [-0.25, -0.2) is 4.79 Å². The van der Waals surface area contributed by atoms with Gasteiger partial charge in [0.2, 0.25) is 0 Å². The first-order valence-corrected chi connectivity index (χ1v) is 5.00. The Morgan fingerprint density at radius 2 is 2.27 bits per heavy atom. The third-order valence-corrected chi connectivity index (χ3v) is 2.07. The summed E-state index contributed by atoms with van der Waals surface area (Å²) in [6.45, 7) is 0. The van der Waals surface area contributed by atoms with Gasteiger partial charge in [0.25, 0.3) is 0 Å². The Labute approximate surface area is 78.8 Å². The molecule has 0 aliphatic rings. The van der Waals surface area contributed by atoms with Gasteiger partial charge < -0.3 is 4.42 Å². The Bertz CT molecular complexity index is 267. The number of halogens is 1. The van der Waals surface area contributed by atoms with Crippen molar-refractivity contribution in [2.24, 2.45) is 0 Å². The van der Waals surface area contributed by atoms with Crippen LogP contribution < -0.4 is 5.63 Å². The van der Waals surface area contributed by atoms with Crippen LogP contribution in [0.25, 0.3) is 0 Å². The molecule has 0 unspecified atom stereocenters. The molecule has 1 aromatic heterocycles. The lowest BCUT2D eigenvalue weighted by molar-refractivity contribution is 0.458. The van der Waals surface area contributed by atoms with Crippen LogP contribution in [0.15, 0.2) is 27.4 Å². The van der Waals surface area contributed by atoms with Crippen molar-refractivity contribution in [3.05, 3.63) is 34.4 Å². The van der Waals surface area contributed by atoms with E-state index in [1.54, 1.807) is 6.07 Å². The molecule has 0 amide bonds. The van der Waals surface area contributed by atoms with E-state index in [1.165, 1.54) is 6.07 Å². The molecule has 0 N–H and O–H groups in total. The smallest absolute Gasteiger partial charge is 0.335 e. The average Bonchev–Trinajstić information content (AvgIpc) is 2.01. The Morgan fingerprint density at radius 3 is 2.91 bits per heavy atom. The number of aryl methyl sites for hydroxylation is 1. The van der Waals surface area contributed by atoms with Gasteiger partial charge in [0.05, 0.1) is 0 Å². The van der Waals surface area contributed by atoms with E-state index < -0.39 is 0 Å². The molecule has 0 saturated heterocycles. The van der Waals surface area contributed by atoms with E-state index in [4.69, 9.17) is 4.42 Å². The van der Waals surface area contributed by atoms with Crippen LogP contribution in [-0.2, 0) is 6.42 Å². The van der Waals surface area contributed by atoms with Crippen molar-refractivity contribution in [2.75, 3.05) is 4.43 Å². The molecule has 3 heteroatoms. The molecule has 1 rings (SSSR count). The van der Waals surface area contributed by atoms with Crippen LogP contribution >= 0.6 is 22.6 Å². The van der Waals surface area contributed by atoms with Crippen molar-refractivity contribution in [3.8, 4) is 0 Å². The lowest BCUT2D eigenvalue weighted by atomic mass is 10.2. The SMILES string of the molecule is O=c1cccc(CCCI)o1. The minimum Gasteiger partial charge on any atom is -0.428 e. The van der Waals surface area contributed by atoms with Gasteiger partial charge in [-0.05, 0) is 16.9 Å². The minimum absolute atomic E-state index is 0.254. The molecule has 0 aromatic carbocycles. The summed E-state index contributed by atoms with van der Waals surface area (Å²) in [7, 11) is 0. The molecule has 0 spiro atoms. The van der Waals surface area contributed by atoms with E-state index >= 15 is 0 Å². The Morgan fingerprint density at radius 1 is 1.45 bits per heavy atom. The first-order chi connectivity index (χ1) is 5.33. The summed E-state index contributed by atoms with van der Waals surface area (Å²) in [5.41, 5.74) is -0.254. The zero-order chi connectivity index (χ0) is 8.10. The van der Waals surface area contributed by atoms with Gasteiger partial charge >= 0.3 is 5.63 Å². The van der Waals surface area contributed by atoms with E-state index in [2.05, 4.69) is 22.6 Å². The van der Waals surface area contributed by atoms with E-state index in [0.717, 1.165) is 23.0 Å². The van der Waals surface area contributed by atoms with Crippen LogP contribution in [0.1, 0.15) is 12.2 Å². The van der Waals surface area contributed by atoms with Gasteiger partial charge in [0.1, 0.15) is 5.76 Å². The summed E-state index contributed by atoms with van der Waals surface area (Å²) in [5, 5.41) is 0. The fourth-order valence-electron chi connectivity index (χ4n) is 0.807. The van der Waals surface area contributed by atoms with E-state index in [0.29, 0.717) is 0 Å². The highest BCUT2D eigenvalue weighted by Gasteiger charge is 1.93. The van der Waals surface area contributed by atoms with Gasteiger partial charge in [-0.1, -0.05) is 28.7 Å².